The number of aliphatic hydroxyl groups excluding tert-OH is 1. The number of aliphatic hydroxyl groups is 1. The summed E-state index contributed by atoms with van der Waals surface area (Å²) in [5.74, 6) is 1.62. The van der Waals surface area contributed by atoms with E-state index < -0.39 is 0 Å². The predicted octanol–water partition coefficient (Wildman–Crippen LogP) is 2.26. The first-order valence-electron chi connectivity index (χ1n) is 7.12. The molecular formula is C14H20N4OS. The summed E-state index contributed by atoms with van der Waals surface area (Å²) in [5, 5.41) is 13.5. The molecule has 2 aromatic rings. The van der Waals surface area contributed by atoms with Gasteiger partial charge < -0.3 is 15.3 Å². The highest BCUT2D eigenvalue weighted by atomic mass is 32.1. The molecule has 5 nitrogen and oxygen atoms in total. The number of hydrogen-bond acceptors (Lipinski definition) is 6. The van der Waals surface area contributed by atoms with Crippen molar-refractivity contribution < 1.29 is 5.11 Å². The zero-order valence-corrected chi connectivity index (χ0v) is 12.7. The van der Waals surface area contributed by atoms with Crippen LogP contribution < -0.4 is 10.2 Å². The topological polar surface area (TPSA) is 61.3 Å². The van der Waals surface area contributed by atoms with Crippen molar-refractivity contribution in [1.82, 2.24) is 9.97 Å². The molecule has 0 amide bonds. The largest absolute Gasteiger partial charge is 0.395 e. The van der Waals surface area contributed by atoms with Crippen molar-refractivity contribution in [1.29, 1.82) is 0 Å². The number of fused-ring (bicyclic) bond motifs is 1. The highest BCUT2D eigenvalue weighted by molar-refractivity contribution is 7.18. The molecule has 0 radical (unpaired) electrons. The maximum Gasteiger partial charge on any atom is 0.225 e. The van der Waals surface area contributed by atoms with Crippen molar-refractivity contribution in [2.45, 2.75) is 32.2 Å². The van der Waals surface area contributed by atoms with Crippen LogP contribution >= 0.6 is 11.3 Å². The minimum absolute atomic E-state index is 0.154. The number of aromatic nitrogens is 2. The van der Waals surface area contributed by atoms with Gasteiger partial charge >= 0.3 is 0 Å². The maximum atomic E-state index is 9.33. The van der Waals surface area contributed by atoms with Gasteiger partial charge in [-0.1, -0.05) is 6.92 Å². The molecule has 1 aliphatic carbocycles. The van der Waals surface area contributed by atoms with E-state index in [-0.39, 0.29) is 6.61 Å². The van der Waals surface area contributed by atoms with E-state index in [9.17, 15) is 5.11 Å². The number of rotatable bonds is 6. The Labute approximate surface area is 122 Å². The first kappa shape index (κ1) is 13.6. The van der Waals surface area contributed by atoms with E-state index in [1.807, 2.05) is 7.05 Å². The molecule has 0 aromatic carbocycles. The van der Waals surface area contributed by atoms with E-state index in [0.717, 1.165) is 22.5 Å². The summed E-state index contributed by atoms with van der Waals surface area (Å²) in [5.41, 5.74) is 0. The van der Waals surface area contributed by atoms with Crippen LogP contribution in [-0.2, 0) is 6.42 Å². The molecule has 0 aliphatic heterocycles. The molecule has 0 atom stereocenters. The van der Waals surface area contributed by atoms with Crippen LogP contribution in [0.3, 0.4) is 0 Å². The molecule has 1 fully saturated rings. The van der Waals surface area contributed by atoms with Crippen molar-refractivity contribution in [3.05, 3.63) is 10.9 Å². The fourth-order valence-corrected chi connectivity index (χ4v) is 3.38. The third kappa shape index (κ3) is 2.45. The third-order valence-electron chi connectivity index (χ3n) is 3.60. The van der Waals surface area contributed by atoms with Gasteiger partial charge in [0.15, 0.2) is 0 Å². The van der Waals surface area contributed by atoms with E-state index in [4.69, 9.17) is 0 Å². The van der Waals surface area contributed by atoms with Gasteiger partial charge in [0.25, 0.3) is 0 Å². The lowest BCUT2D eigenvalue weighted by Gasteiger charge is -2.23. The number of anilines is 2. The first-order valence-corrected chi connectivity index (χ1v) is 7.94. The summed E-state index contributed by atoms with van der Waals surface area (Å²) in [6, 6.07) is 2.72. The Bertz CT molecular complexity index is 608. The van der Waals surface area contributed by atoms with Crippen LogP contribution in [0.2, 0.25) is 0 Å². The predicted molar refractivity (Wildman–Crippen MR) is 83.8 cm³/mol. The fourth-order valence-electron chi connectivity index (χ4n) is 2.42. The molecule has 108 valence electrons. The van der Waals surface area contributed by atoms with Crippen LogP contribution in [0.5, 0.6) is 0 Å². The fraction of sp³-hybridized carbons (Fsp3) is 0.571. The van der Waals surface area contributed by atoms with Crippen LogP contribution in [0.15, 0.2) is 6.07 Å². The summed E-state index contributed by atoms with van der Waals surface area (Å²) in [6.07, 6.45) is 3.38. The number of nitrogens with zero attached hydrogens (tertiary/aromatic N) is 3. The molecule has 2 aromatic heterocycles. The lowest BCUT2D eigenvalue weighted by molar-refractivity contribution is 0.301. The standard InChI is InChI=1S/C14H20N4OS/c1-3-10-8-11-12(18(6-7-19)9-4-5-9)16-14(15-2)17-13(11)20-10/h8-9,19H,3-7H2,1-2H3,(H,15,16,17). The van der Waals surface area contributed by atoms with Crippen molar-refractivity contribution in [3.63, 3.8) is 0 Å². The molecule has 0 spiro atoms. The second-order valence-corrected chi connectivity index (χ2v) is 6.17. The zero-order chi connectivity index (χ0) is 14.1. The van der Waals surface area contributed by atoms with E-state index in [2.05, 4.69) is 33.2 Å². The summed E-state index contributed by atoms with van der Waals surface area (Å²) < 4.78 is 0. The van der Waals surface area contributed by atoms with Gasteiger partial charge in [0.1, 0.15) is 10.6 Å². The van der Waals surface area contributed by atoms with Crippen molar-refractivity contribution in [3.8, 4) is 0 Å². The molecule has 3 rings (SSSR count). The van der Waals surface area contributed by atoms with Crippen LogP contribution in [0, 0.1) is 0 Å². The molecule has 20 heavy (non-hydrogen) atoms. The van der Waals surface area contributed by atoms with Gasteiger partial charge in [0, 0.05) is 24.5 Å². The normalized spacial score (nSPS) is 14.8. The van der Waals surface area contributed by atoms with Crippen LogP contribution in [-0.4, -0.2) is 41.3 Å². The second kappa shape index (κ2) is 5.54. The molecule has 1 aliphatic rings. The van der Waals surface area contributed by atoms with Crippen molar-refractivity contribution >= 4 is 33.3 Å². The highest BCUT2D eigenvalue weighted by Crippen LogP contribution is 2.37. The Kier molecular flexibility index (Phi) is 3.76. The summed E-state index contributed by atoms with van der Waals surface area (Å²) >= 11 is 1.73. The molecule has 6 heteroatoms. The molecule has 2 heterocycles. The number of aryl methyl sites for hydroxylation is 1. The lowest BCUT2D eigenvalue weighted by Crippen LogP contribution is -2.30. The molecule has 0 unspecified atom stereocenters. The van der Waals surface area contributed by atoms with Crippen molar-refractivity contribution in [2.75, 3.05) is 30.4 Å². The molecule has 0 bridgehead atoms. The second-order valence-electron chi connectivity index (χ2n) is 5.05. The quantitative estimate of drug-likeness (QED) is 0.855. The monoisotopic (exact) mass is 292 g/mol. The molecule has 2 N–H and O–H groups in total. The average molecular weight is 292 g/mol. The van der Waals surface area contributed by atoms with Crippen molar-refractivity contribution in [2.24, 2.45) is 0 Å². The Morgan fingerprint density at radius 1 is 1.45 bits per heavy atom. The third-order valence-corrected chi connectivity index (χ3v) is 4.77. The van der Waals surface area contributed by atoms with Gasteiger partial charge in [-0.2, -0.15) is 4.98 Å². The number of thiophene rings is 1. The van der Waals surface area contributed by atoms with E-state index in [1.165, 1.54) is 17.7 Å². The SMILES string of the molecule is CCc1cc2c(N(CCO)C3CC3)nc(NC)nc2s1. The van der Waals surface area contributed by atoms with E-state index in [0.29, 0.717) is 18.5 Å². The smallest absolute Gasteiger partial charge is 0.225 e. The zero-order valence-electron chi connectivity index (χ0n) is 11.9. The van der Waals surface area contributed by atoms with Crippen LogP contribution in [0.4, 0.5) is 11.8 Å². The molecule has 0 saturated heterocycles. The molecule has 1 saturated carbocycles. The van der Waals surface area contributed by atoms with Gasteiger partial charge in [-0.15, -0.1) is 11.3 Å². The van der Waals surface area contributed by atoms with Gasteiger partial charge in [-0.05, 0) is 25.3 Å². The Morgan fingerprint density at radius 2 is 2.25 bits per heavy atom. The summed E-state index contributed by atoms with van der Waals surface area (Å²) in [4.78, 5) is 13.8. The highest BCUT2D eigenvalue weighted by Gasteiger charge is 2.31. The number of nitrogens with one attached hydrogen (secondary N) is 1. The Balaban J connectivity index is 2.12. The Morgan fingerprint density at radius 3 is 2.85 bits per heavy atom. The average Bonchev–Trinajstić information content (AvgIpc) is 3.22. The summed E-state index contributed by atoms with van der Waals surface area (Å²) in [6.45, 7) is 2.95. The maximum absolute atomic E-state index is 9.33. The first-order chi connectivity index (χ1) is 9.76. The van der Waals surface area contributed by atoms with Gasteiger partial charge in [-0.3, -0.25) is 0 Å². The Hall–Kier alpha value is -1.40. The number of hydrogen-bond donors (Lipinski definition) is 2. The minimum Gasteiger partial charge on any atom is -0.395 e. The van der Waals surface area contributed by atoms with Crippen LogP contribution in [0.1, 0.15) is 24.6 Å². The minimum atomic E-state index is 0.154. The van der Waals surface area contributed by atoms with Gasteiger partial charge in [-0.25, -0.2) is 4.98 Å². The van der Waals surface area contributed by atoms with Gasteiger partial charge in [0.05, 0.1) is 12.0 Å². The van der Waals surface area contributed by atoms with Crippen LogP contribution in [0.25, 0.3) is 10.2 Å². The van der Waals surface area contributed by atoms with E-state index >= 15 is 0 Å². The lowest BCUT2D eigenvalue weighted by atomic mass is 10.3. The van der Waals surface area contributed by atoms with Gasteiger partial charge in [0.2, 0.25) is 5.95 Å². The van der Waals surface area contributed by atoms with E-state index in [1.54, 1.807) is 11.3 Å². The molecular weight excluding hydrogens is 272 g/mol. The summed E-state index contributed by atoms with van der Waals surface area (Å²) in [7, 11) is 1.84.